The molecule has 0 bridgehead atoms. The van der Waals surface area contributed by atoms with Crippen LogP contribution in [0, 0.1) is 0 Å². The second-order valence-corrected chi connectivity index (χ2v) is 7.00. The van der Waals surface area contributed by atoms with Crippen LogP contribution in [0.15, 0.2) is 0 Å². The lowest BCUT2D eigenvalue weighted by molar-refractivity contribution is 0.0109. The fourth-order valence-electron chi connectivity index (χ4n) is 3.40. The van der Waals surface area contributed by atoms with Gasteiger partial charge in [-0.25, -0.2) is 0 Å². The molecule has 2 saturated heterocycles. The molecule has 2 atom stereocenters. The van der Waals surface area contributed by atoms with Crippen molar-refractivity contribution in [3.05, 3.63) is 0 Å². The Kier molecular flexibility index (Phi) is 3.65. The third kappa shape index (κ3) is 3.06. The van der Waals surface area contributed by atoms with Gasteiger partial charge in [-0.2, -0.15) is 0 Å². The van der Waals surface area contributed by atoms with Gasteiger partial charge in [0.05, 0.1) is 12.2 Å². The first kappa shape index (κ1) is 12.9. The second kappa shape index (κ2) is 5.10. The van der Waals surface area contributed by atoms with E-state index in [1.165, 1.54) is 45.1 Å². The molecule has 2 heterocycles. The van der Waals surface area contributed by atoms with Crippen molar-refractivity contribution >= 4 is 0 Å². The first-order chi connectivity index (χ1) is 8.63. The second-order valence-electron chi connectivity index (χ2n) is 7.00. The Morgan fingerprint density at radius 1 is 1.17 bits per heavy atom. The van der Waals surface area contributed by atoms with E-state index in [9.17, 15) is 0 Å². The number of rotatable bonds is 5. The van der Waals surface area contributed by atoms with E-state index in [-0.39, 0.29) is 0 Å². The van der Waals surface area contributed by atoms with Gasteiger partial charge in [0, 0.05) is 24.7 Å². The summed E-state index contributed by atoms with van der Waals surface area (Å²) in [5.41, 5.74) is 0.397. The Labute approximate surface area is 111 Å². The van der Waals surface area contributed by atoms with Crippen LogP contribution < -0.4 is 5.32 Å². The zero-order chi connectivity index (χ0) is 12.6. The number of likely N-dealkylation sites (tertiary alicyclic amines) is 1. The van der Waals surface area contributed by atoms with Gasteiger partial charge in [-0.1, -0.05) is 0 Å². The molecule has 3 rings (SSSR count). The van der Waals surface area contributed by atoms with Gasteiger partial charge in [-0.15, -0.1) is 0 Å². The van der Waals surface area contributed by atoms with E-state index < -0.39 is 0 Å². The fourth-order valence-corrected chi connectivity index (χ4v) is 3.40. The molecular weight excluding hydrogens is 224 g/mol. The van der Waals surface area contributed by atoms with Crippen molar-refractivity contribution in [2.75, 3.05) is 19.6 Å². The van der Waals surface area contributed by atoms with Gasteiger partial charge in [0.25, 0.3) is 0 Å². The van der Waals surface area contributed by atoms with Crippen LogP contribution in [0.3, 0.4) is 0 Å². The van der Waals surface area contributed by atoms with Crippen molar-refractivity contribution in [3.8, 4) is 0 Å². The topological polar surface area (TPSA) is 24.5 Å². The lowest BCUT2D eigenvalue weighted by Gasteiger charge is -2.33. The highest BCUT2D eigenvalue weighted by Crippen LogP contribution is 2.30. The Bertz CT molecular complexity index is 288. The molecule has 1 N–H and O–H groups in total. The molecule has 2 unspecified atom stereocenters. The van der Waals surface area contributed by atoms with E-state index in [1.807, 2.05) is 0 Å². The molecular formula is C15H28N2O. The number of hydrogen-bond acceptors (Lipinski definition) is 3. The monoisotopic (exact) mass is 252 g/mol. The Morgan fingerprint density at radius 2 is 1.94 bits per heavy atom. The summed E-state index contributed by atoms with van der Waals surface area (Å²) in [6.45, 7) is 8.23. The minimum Gasteiger partial charge on any atom is -0.372 e. The number of ether oxygens (including phenoxy) is 1. The molecule has 0 aromatic heterocycles. The summed E-state index contributed by atoms with van der Waals surface area (Å²) in [5.74, 6) is 0. The van der Waals surface area contributed by atoms with E-state index in [0.29, 0.717) is 17.7 Å². The lowest BCUT2D eigenvalue weighted by atomic mass is 10.0. The molecule has 0 radical (unpaired) electrons. The summed E-state index contributed by atoms with van der Waals surface area (Å²) in [7, 11) is 0. The fraction of sp³-hybridized carbons (Fsp3) is 1.00. The average Bonchev–Trinajstić information content (AvgIpc) is 2.96. The summed E-state index contributed by atoms with van der Waals surface area (Å²) in [6, 6.07) is 0.810. The Balaban J connectivity index is 1.41. The maximum atomic E-state index is 6.19. The van der Waals surface area contributed by atoms with Crippen molar-refractivity contribution in [1.29, 1.82) is 0 Å². The van der Waals surface area contributed by atoms with Crippen molar-refractivity contribution in [2.45, 2.75) is 76.2 Å². The number of nitrogens with zero attached hydrogens (tertiary/aromatic N) is 1. The lowest BCUT2D eigenvalue weighted by Crippen LogP contribution is -2.43. The molecule has 18 heavy (non-hydrogen) atoms. The van der Waals surface area contributed by atoms with Crippen LogP contribution in [-0.4, -0.2) is 48.3 Å². The van der Waals surface area contributed by atoms with Gasteiger partial charge in [0.1, 0.15) is 0 Å². The first-order valence-electron chi connectivity index (χ1n) is 7.77. The maximum Gasteiger partial charge on any atom is 0.0707 e. The summed E-state index contributed by atoms with van der Waals surface area (Å²) >= 11 is 0. The van der Waals surface area contributed by atoms with Crippen LogP contribution in [0.25, 0.3) is 0 Å². The molecule has 3 aliphatic rings. The number of hydrogen-bond donors (Lipinski definition) is 1. The van der Waals surface area contributed by atoms with Gasteiger partial charge in [-0.3, -0.25) is 4.90 Å². The molecule has 0 amide bonds. The predicted octanol–water partition coefficient (Wildman–Crippen LogP) is 2.16. The van der Waals surface area contributed by atoms with Crippen LogP contribution >= 0.6 is 0 Å². The molecule has 3 nitrogen and oxygen atoms in total. The van der Waals surface area contributed by atoms with Crippen LogP contribution in [0.2, 0.25) is 0 Å². The van der Waals surface area contributed by atoms with E-state index in [0.717, 1.165) is 19.1 Å². The maximum absolute atomic E-state index is 6.19. The van der Waals surface area contributed by atoms with Crippen molar-refractivity contribution in [1.82, 2.24) is 10.2 Å². The molecule has 2 aliphatic heterocycles. The summed E-state index contributed by atoms with van der Waals surface area (Å²) in [5, 5.41) is 3.59. The molecule has 0 spiro atoms. The van der Waals surface area contributed by atoms with Gasteiger partial charge in [0.2, 0.25) is 0 Å². The highest BCUT2D eigenvalue weighted by Gasteiger charge is 2.35. The van der Waals surface area contributed by atoms with E-state index >= 15 is 0 Å². The normalized spacial score (nSPS) is 36.3. The standard InChI is InChI=1S/C15H28N2O/c1-15(2)8-3-9-17(15)11-14-7-6-13(18-14)10-16-12-4-5-12/h12-14,16H,3-11H2,1-2H3. The van der Waals surface area contributed by atoms with Crippen LogP contribution in [-0.2, 0) is 4.74 Å². The average molecular weight is 252 g/mol. The molecule has 104 valence electrons. The zero-order valence-electron chi connectivity index (χ0n) is 12.0. The van der Waals surface area contributed by atoms with Crippen LogP contribution in [0.4, 0.5) is 0 Å². The third-order valence-electron chi connectivity index (χ3n) is 4.90. The SMILES string of the molecule is CC1(C)CCCN1CC1CCC(CNC2CC2)O1. The molecule has 3 fully saturated rings. The van der Waals surface area contributed by atoms with E-state index in [1.54, 1.807) is 0 Å². The Hall–Kier alpha value is -0.120. The molecule has 3 heteroatoms. The van der Waals surface area contributed by atoms with Gasteiger partial charge in [0.15, 0.2) is 0 Å². The third-order valence-corrected chi connectivity index (χ3v) is 4.90. The highest BCUT2D eigenvalue weighted by molar-refractivity contribution is 4.91. The van der Waals surface area contributed by atoms with Crippen molar-refractivity contribution in [3.63, 3.8) is 0 Å². The highest BCUT2D eigenvalue weighted by atomic mass is 16.5. The largest absolute Gasteiger partial charge is 0.372 e. The molecule has 1 saturated carbocycles. The summed E-state index contributed by atoms with van der Waals surface area (Å²) in [6.07, 6.45) is 8.90. The minimum absolute atomic E-state index is 0.397. The molecule has 1 aliphatic carbocycles. The van der Waals surface area contributed by atoms with Crippen LogP contribution in [0.5, 0.6) is 0 Å². The van der Waals surface area contributed by atoms with E-state index in [4.69, 9.17) is 4.74 Å². The van der Waals surface area contributed by atoms with Crippen molar-refractivity contribution in [2.24, 2.45) is 0 Å². The van der Waals surface area contributed by atoms with Gasteiger partial charge < -0.3 is 10.1 Å². The Morgan fingerprint density at radius 3 is 2.61 bits per heavy atom. The van der Waals surface area contributed by atoms with Gasteiger partial charge >= 0.3 is 0 Å². The van der Waals surface area contributed by atoms with Crippen molar-refractivity contribution < 1.29 is 4.74 Å². The zero-order valence-corrected chi connectivity index (χ0v) is 12.0. The van der Waals surface area contributed by atoms with E-state index in [2.05, 4.69) is 24.1 Å². The minimum atomic E-state index is 0.397. The smallest absolute Gasteiger partial charge is 0.0707 e. The molecule has 0 aromatic rings. The molecule has 0 aromatic carbocycles. The quantitative estimate of drug-likeness (QED) is 0.811. The summed E-state index contributed by atoms with van der Waals surface area (Å²) in [4.78, 5) is 2.63. The summed E-state index contributed by atoms with van der Waals surface area (Å²) < 4.78 is 6.19. The predicted molar refractivity (Wildman–Crippen MR) is 73.8 cm³/mol. The van der Waals surface area contributed by atoms with Gasteiger partial charge in [-0.05, 0) is 58.9 Å². The first-order valence-corrected chi connectivity index (χ1v) is 7.77. The van der Waals surface area contributed by atoms with Crippen LogP contribution in [0.1, 0.15) is 52.4 Å². The number of nitrogens with one attached hydrogen (secondary N) is 1.